The Morgan fingerprint density at radius 2 is 2.00 bits per heavy atom. The van der Waals surface area contributed by atoms with Crippen molar-refractivity contribution in [1.29, 1.82) is 0 Å². The molecule has 0 radical (unpaired) electrons. The number of carbonyl (C=O) groups excluding carboxylic acids is 1. The molecular weight excluding hydrogens is 277 g/mol. The molecule has 1 aromatic carbocycles. The van der Waals surface area contributed by atoms with Crippen LogP contribution in [0.3, 0.4) is 0 Å². The molecule has 0 saturated carbocycles. The number of nitrogen functional groups attached to an aromatic ring is 1. The van der Waals surface area contributed by atoms with E-state index in [1.165, 1.54) is 18.2 Å². The topological polar surface area (TPSA) is 76.8 Å². The van der Waals surface area contributed by atoms with Crippen molar-refractivity contribution in [3.63, 3.8) is 0 Å². The van der Waals surface area contributed by atoms with Crippen LogP contribution in [0.4, 0.5) is 15.8 Å². The Labute approximate surface area is 123 Å². The fourth-order valence-electron chi connectivity index (χ4n) is 2.43. The van der Waals surface area contributed by atoms with Crippen LogP contribution in [0.5, 0.6) is 0 Å². The normalized spacial score (nSPS) is 22.4. The summed E-state index contributed by atoms with van der Waals surface area (Å²) in [6.45, 7) is 1.49. The number of methoxy groups -OCH3 is 2. The highest BCUT2D eigenvalue weighted by molar-refractivity contribution is 5.92. The summed E-state index contributed by atoms with van der Waals surface area (Å²) in [5.74, 6) is -0.689. The average molecular weight is 297 g/mol. The van der Waals surface area contributed by atoms with Crippen molar-refractivity contribution in [2.24, 2.45) is 0 Å². The van der Waals surface area contributed by atoms with E-state index >= 15 is 0 Å². The van der Waals surface area contributed by atoms with Gasteiger partial charge in [0.15, 0.2) is 0 Å². The molecule has 1 aliphatic rings. The third kappa shape index (κ3) is 3.90. The first-order valence-corrected chi connectivity index (χ1v) is 6.66. The number of nitrogens with two attached hydrogens (primary N) is 1. The minimum absolute atomic E-state index is 0.00728. The number of ether oxygens (including phenoxy) is 2. The number of rotatable bonds is 5. The van der Waals surface area contributed by atoms with Crippen LogP contribution in [0.2, 0.25) is 0 Å². The number of likely N-dealkylation sites (tertiary alicyclic amines) is 1. The molecule has 1 fully saturated rings. The zero-order valence-corrected chi connectivity index (χ0v) is 12.1. The third-order valence-corrected chi connectivity index (χ3v) is 3.54. The second kappa shape index (κ2) is 6.84. The maximum absolute atomic E-state index is 13.1. The molecule has 2 rings (SSSR count). The van der Waals surface area contributed by atoms with Crippen molar-refractivity contribution < 1.29 is 18.7 Å². The zero-order valence-electron chi connectivity index (χ0n) is 12.1. The Morgan fingerprint density at radius 1 is 1.38 bits per heavy atom. The van der Waals surface area contributed by atoms with Gasteiger partial charge in [-0.3, -0.25) is 9.69 Å². The second-order valence-corrected chi connectivity index (χ2v) is 5.03. The number of hydrogen-bond donors (Lipinski definition) is 2. The number of benzene rings is 1. The van der Waals surface area contributed by atoms with Crippen LogP contribution < -0.4 is 11.1 Å². The first-order chi connectivity index (χ1) is 10.0. The lowest BCUT2D eigenvalue weighted by atomic mass is 10.2. The molecule has 21 heavy (non-hydrogen) atoms. The van der Waals surface area contributed by atoms with Crippen molar-refractivity contribution >= 4 is 17.3 Å². The molecule has 0 aromatic heterocycles. The van der Waals surface area contributed by atoms with E-state index in [1.54, 1.807) is 14.2 Å². The molecular formula is C14H20FN3O3. The molecule has 1 amide bonds. The maximum Gasteiger partial charge on any atom is 0.238 e. The first-order valence-electron chi connectivity index (χ1n) is 6.66. The minimum Gasteiger partial charge on any atom is -0.396 e. The van der Waals surface area contributed by atoms with Crippen LogP contribution in [0, 0.1) is 5.82 Å². The SMILES string of the molecule is COC1CN(CC(=O)Nc2ccc(F)c(N)c2)CC1OC. The summed E-state index contributed by atoms with van der Waals surface area (Å²) < 4.78 is 23.7. The molecule has 1 aliphatic heterocycles. The predicted molar refractivity (Wildman–Crippen MR) is 77.5 cm³/mol. The maximum atomic E-state index is 13.1. The van der Waals surface area contributed by atoms with E-state index in [4.69, 9.17) is 15.2 Å². The van der Waals surface area contributed by atoms with E-state index in [9.17, 15) is 9.18 Å². The van der Waals surface area contributed by atoms with Gasteiger partial charge < -0.3 is 20.5 Å². The molecule has 2 unspecified atom stereocenters. The quantitative estimate of drug-likeness (QED) is 0.782. The Kier molecular flexibility index (Phi) is 5.11. The van der Waals surface area contributed by atoms with Gasteiger partial charge in [0.1, 0.15) is 5.82 Å². The summed E-state index contributed by atoms with van der Waals surface area (Å²) in [5.41, 5.74) is 5.95. The van der Waals surface area contributed by atoms with Crippen molar-refractivity contribution in [3.8, 4) is 0 Å². The number of nitrogens with one attached hydrogen (secondary N) is 1. The number of hydrogen-bond acceptors (Lipinski definition) is 5. The van der Waals surface area contributed by atoms with Crippen molar-refractivity contribution in [2.45, 2.75) is 12.2 Å². The number of nitrogens with zero attached hydrogens (tertiary/aromatic N) is 1. The summed E-state index contributed by atoms with van der Waals surface area (Å²) in [7, 11) is 3.25. The van der Waals surface area contributed by atoms with Crippen LogP contribution in [-0.4, -0.2) is 56.9 Å². The molecule has 0 bridgehead atoms. The van der Waals surface area contributed by atoms with Gasteiger partial charge in [-0.25, -0.2) is 4.39 Å². The number of anilines is 2. The molecule has 6 nitrogen and oxygen atoms in total. The third-order valence-electron chi connectivity index (χ3n) is 3.54. The smallest absolute Gasteiger partial charge is 0.238 e. The Bertz CT molecular complexity index is 500. The van der Waals surface area contributed by atoms with Crippen LogP contribution in [0.15, 0.2) is 18.2 Å². The highest BCUT2D eigenvalue weighted by atomic mass is 19.1. The first kappa shape index (κ1) is 15.7. The highest BCUT2D eigenvalue weighted by Gasteiger charge is 2.33. The molecule has 1 aromatic rings. The van der Waals surface area contributed by atoms with Gasteiger partial charge in [-0.1, -0.05) is 0 Å². The summed E-state index contributed by atoms with van der Waals surface area (Å²) in [6, 6.07) is 4.10. The molecule has 2 atom stereocenters. The van der Waals surface area contributed by atoms with E-state index in [0.29, 0.717) is 18.8 Å². The lowest BCUT2D eigenvalue weighted by Crippen LogP contribution is -2.32. The molecule has 3 N–H and O–H groups in total. The predicted octanol–water partition coefficient (Wildman–Crippen LogP) is 0.692. The van der Waals surface area contributed by atoms with Crippen molar-refractivity contribution in [3.05, 3.63) is 24.0 Å². The molecule has 116 valence electrons. The van der Waals surface area contributed by atoms with E-state index in [0.717, 1.165) is 0 Å². The van der Waals surface area contributed by atoms with Gasteiger partial charge in [0.05, 0.1) is 24.4 Å². The lowest BCUT2D eigenvalue weighted by Gasteiger charge is -2.15. The lowest BCUT2D eigenvalue weighted by molar-refractivity contribution is -0.117. The van der Waals surface area contributed by atoms with Crippen LogP contribution >= 0.6 is 0 Å². The van der Waals surface area contributed by atoms with Crippen LogP contribution in [0.25, 0.3) is 0 Å². The molecule has 0 aliphatic carbocycles. The van der Waals surface area contributed by atoms with Gasteiger partial charge in [0.2, 0.25) is 5.91 Å². The number of carbonyl (C=O) groups is 1. The fourth-order valence-corrected chi connectivity index (χ4v) is 2.43. The van der Waals surface area contributed by atoms with Gasteiger partial charge >= 0.3 is 0 Å². The van der Waals surface area contributed by atoms with E-state index < -0.39 is 5.82 Å². The largest absolute Gasteiger partial charge is 0.396 e. The number of halogens is 1. The van der Waals surface area contributed by atoms with Gasteiger partial charge in [-0.05, 0) is 18.2 Å². The van der Waals surface area contributed by atoms with Crippen molar-refractivity contribution in [2.75, 3.05) is 44.9 Å². The zero-order chi connectivity index (χ0) is 15.4. The minimum atomic E-state index is -0.501. The second-order valence-electron chi connectivity index (χ2n) is 5.03. The number of amides is 1. The summed E-state index contributed by atoms with van der Waals surface area (Å²) in [6.07, 6.45) is -0.0754. The summed E-state index contributed by atoms with van der Waals surface area (Å²) in [4.78, 5) is 13.9. The summed E-state index contributed by atoms with van der Waals surface area (Å²) >= 11 is 0. The van der Waals surface area contributed by atoms with Gasteiger partial charge in [0.25, 0.3) is 0 Å². The molecule has 1 saturated heterocycles. The molecule has 0 spiro atoms. The van der Waals surface area contributed by atoms with Gasteiger partial charge in [-0.15, -0.1) is 0 Å². The van der Waals surface area contributed by atoms with E-state index in [2.05, 4.69) is 5.32 Å². The molecule has 1 heterocycles. The Balaban J connectivity index is 1.89. The average Bonchev–Trinajstić information content (AvgIpc) is 2.84. The Morgan fingerprint density at radius 3 is 2.52 bits per heavy atom. The van der Waals surface area contributed by atoms with Gasteiger partial charge in [-0.2, -0.15) is 0 Å². The standard InChI is InChI=1S/C14H20FN3O3/c1-20-12-6-18(7-13(12)21-2)8-14(19)17-9-3-4-10(15)11(16)5-9/h3-5,12-13H,6-8,16H2,1-2H3,(H,17,19). The summed E-state index contributed by atoms with van der Waals surface area (Å²) in [5, 5.41) is 2.69. The van der Waals surface area contributed by atoms with Crippen LogP contribution in [-0.2, 0) is 14.3 Å². The van der Waals surface area contributed by atoms with E-state index in [-0.39, 0.29) is 30.3 Å². The van der Waals surface area contributed by atoms with Gasteiger partial charge in [0, 0.05) is 33.0 Å². The fraction of sp³-hybridized carbons (Fsp3) is 0.500. The van der Waals surface area contributed by atoms with Crippen LogP contribution in [0.1, 0.15) is 0 Å². The Hall–Kier alpha value is -1.70. The van der Waals surface area contributed by atoms with E-state index in [1.807, 2.05) is 4.90 Å². The van der Waals surface area contributed by atoms with Crippen molar-refractivity contribution in [1.82, 2.24) is 4.90 Å². The monoisotopic (exact) mass is 297 g/mol. The highest BCUT2D eigenvalue weighted by Crippen LogP contribution is 2.18. The molecule has 7 heteroatoms.